The van der Waals surface area contributed by atoms with Crippen LogP contribution in [-0.2, 0) is 0 Å². The van der Waals surface area contributed by atoms with E-state index >= 15 is 0 Å². The van der Waals surface area contributed by atoms with Crippen LogP contribution in [0.1, 0.15) is 34.9 Å². The Labute approximate surface area is 199 Å². The van der Waals surface area contributed by atoms with Gasteiger partial charge in [-0.2, -0.15) is 0 Å². The van der Waals surface area contributed by atoms with Crippen LogP contribution >= 0.6 is 11.3 Å². The molecule has 0 radical (unpaired) electrons. The molecule has 5 aromatic rings. The fourth-order valence-corrected chi connectivity index (χ4v) is 5.42. The normalized spacial score (nSPS) is 14.7. The van der Waals surface area contributed by atoms with Crippen LogP contribution in [0.2, 0.25) is 0 Å². The second-order valence-electron chi connectivity index (χ2n) is 8.48. The predicted molar refractivity (Wildman–Crippen MR) is 131 cm³/mol. The number of amides is 1. The Morgan fingerprint density at radius 3 is 2.71 bits per heavy atom. The Hall–Kier alpha value is -3.78. The minimum absolute atomic E-state index is 0.137. The molecule has 0 bridgehead atoms. The molecule has 1 amide bonds. The van der Waals surface area contributed by atoms with Crippen LogP contribution in [0.15, 0.2) is 72.2 Å². The number of para-hydroxylation sites is 1. The smallest absolute Gasteiger partial charge is 0.293 e. The van der Waals surface area contributed by atoms with E-state index in [0.29, 0.717) is 30.5 Å². The molecule has 0 unspecified atom stereocenters. The van der Waals surface area contributed by atoms with Crippen molar-refractivity contribution < 1.29 is 9.18 Å². The number of aromatic nitrogens is 4. The number of H-pyrrole nitrogens is 1. The number of halogens is 1. The van der Waals surface area contributed by atoms with Gasteiger partial charge in [0.05, 0.1) is 10.6 Å². The van der Waals surface area contributed by atoms with Crippen molar-refractivity contribution in [3.05, 3.63) is 89.4 Å². The highest BCUT2D eigenvalue weighted by Gasteiger charge is 2.29. The van der Waals surface area contributed by atoms with Gasteiger partial charge < -0.3 is 9.88 Å². The summed E-state index contributed by atoms with van der Waals surface area (Å²) in [6.45, 7) is 1.29. The van der Waals surface area contributed by atoms with Crippen molar-refractivity contribution in [1.82, 2.24) is 24.6 Å². The van der Waals surface area contributed by atoms with Crippen LogP contribution in [0.25, 0.3) is 27.3 Å². The third kappa shape index (κ3) is 3.70. The molecule has 1 aliphatic rings. The quantitative estimate of drug-likeness (QED) is 0.369. The number of thiophene rings is 1. The van der Waals surface area contributed by atoms with Gasteiger partial charge in [0, 0.05) is 30.2 Å². The van der Waals surface area contributed by atoms with Gasteiger partial charge in [0.15, 0.2) is 5.82 Å². The second-order valence-corrected chi connectivity index (χ2v) is 9.43. The number of hydrogen-bond acceptors (Lipinski definition) is 4. The highest BCUT2D eigenvalue weighted by Crippen LogP contribution is 2.33. The number of piperidine rings is 1. The molecule has 4 heterocycles. The first-order valence-corrected chi connectivity index (χ1v) is 12.2. The number of aromatic amines is 1. The maximum atomic E-state index is 13.9. The lowest BCUT2D eigenvalue weighted by Gasteiger charge is -2.31. The monoisotopic (exact) mass is 471 g/mol. The summed E-state index contributed by atoms with van der Waals surface area (Å²) >= 11 is 1.50. The molecule has 0 atom stereocenters. The maximum Gasteiger partial charge on any atom is 0.293 e. The van der Waals surface area contributed by atoms with E-state index in [0.717, 1.165) is 23.2 Å². The fraction of sp³-hybridized carbons (Fsp3) is 0.192. The molecule has 1 fully saturated rings. The number of fused-ring (bicyclic) bond motifs is 1. The van der Waals surface area contributed by atoms with Crippen molar-refractivity contribution in [1.29, 1.82) is 0 Å². The summed E-state index contributed by atoms with van der Waals surface area (Å²) in [5, 5.41) is 7.71. The Kier molecular flexibility index (Phi) is 5.22. The molecule has 0 spiro atoms. The van der Waals surface area contributed by atoms with E-state index in [-0.39, 0.29) is 17.5 Å². The number of rotatable bonds is 4. The first-order chi connectivity index (χ1) is 16.7. The average molecular weight is 472 g/mol. The topological polar surface area (TPSA) is 66.8 Å². The van der Waals surface area contributed by atoms with Crippen LogP contribution in [0, 0.1) is 5.82 Å². The SMILES string of the molecule is O=C(c1nc(-c2cccs2)n(-c2cccc(F)c2)n1)N1CCC(c2c[nH]c3ccccc23)CC1. The standard InChI is InChI=1S/C26H22FN5OS/c27-18-5-3-6-19(15-18)32-25(23-9-4-14-34-23)29-24(30-32)26(33)31-12-10-17(11-13-31)21-16-28-22-8-2-1-7-20(21)22/h1-9,14-17,28H,10-13H2. The van der Waals surface area contributed by atoms with Gasteiger partial charge in [-0.25, -0.2) is 14.1 Å². The van der Waals surface area contributed by atoms with E-state index in [1.54, 1.807) is 16.8 Å². The van der Waals surface area contributed by atoms with Crippen molar-refractivity contribution in [2.75, 3.05) is 13.1 Å². The summed E-state index contributed by atoms with van der Waals surface area (Å²) in [7, 11) is 0. The number of nitrogens with zero attached hydrogens (tertiary/aromatic N) is 4. The van der Waals surface area contributed by atoms with E-state index in [1.165, 1.54) is 34.4 Å². The molecular formula is C26H22FN5OS. The Bertz CT molecular complexity index is 1460. The minimum Gasteiger partial charge on any atom is -0.361 e. The minimum atomic E-state index is -0.364. The number of hydrogen-bond donors (Lipinski definition) is 1. The zero-order valence-corrected chi connectivity index (χ0v) is 19.1. The van der Waals surface area contributed by atoms with Gasteiger partial charge in [0.2, 0.25) is 5.82 Å². The van der Waals surface area contributed by atoms with Crippen LogP contribution < -0.4 is 0 Å². The van der Waals surface area contributed by atoms with Gasteiger partial charge in [-0.05, 0) is 60.0 Å². The Morgan fingerprint density at radius 2 is 1.91 bits per heavy atom. The van der Waals surface area contributed by atoms with E-state index in [2.05, 4.69) is 39.5 Å². The molecule has 6 rings (SSSR count). The highest BCUT2D eigenvalue weighted by atomic mass is 32.1. The van der Waals surface area contributed by atoms with Crippen LogP contribution in [0.4, 0.5) is 4.39 Å². The van der Waals surface area contributed by atoms with Crippen LogP contribution in [0.5, 0.6) is 0 Å². The lowest BCUT2D eigenvalue weighted by molar-refractivity contribution is 0.0701. The molecule has 1 N–H and O–H groups in total. The maximum absolute atomic E-state index is 13.9. The number of carbonyl (C=O) groups excluding carboxylic acids is 1. The molecule has 2 aromatic carbocycles. The Balaban J connectivity index is 1.25. The average Bonchev–Trinajstić information content (AvgIpc) is 3.63. The van der Waals surface area contributed by atoms with Crippen molar-refractivity contribution in [2.24, 2.45) is 0 Å². The van der Waals surface area contributed by atoms with Gasteiger partial charge >= 0.3 is 0 Å². The predicted octanol–water partition coefficient (Wildman–Crippen LogP) is 5.64. The number of carbonyl (C=O) groups is 1. The molecule has 3 aromatic heterocycles. The molecule has 6 nitrogen and oxygen atoms in total. The highest BCUT2D eigenvalue weighted by molar-refractivity contribution is 7.13. The lowest BCUT2D eigenvalue weighted by atomic mass is 9.89. The molecule has 1 aliphatic heterocycles. The molecule has 0 saturated carbocycles. The third-order valence-corrected chi connectivity index (χ3v) is 7.30. The van der Waals surface area contributed by atoms with Crippen LogP contribution in [0.3, 0.4) is 0 Å². The molecule has 34 heavy (non-hydrogen) atoms. The first kappa shape index (κ1) is 20.8. The van der Waals surface area contributed by atoms with Gasteiger partial charge in [-0.1, -0.05) is 30.3 Å². The van der Waals surface area contributed by atoms with E-state index in [4.69, 9.17) is 0 Å². The summed E-state index contributed by atoms with van der Waals surface area (Å²) < 4.78 is 15.5. The van der Waals surface area contributed by atoms with E-state index in [1.807, 2.05) is 28.5 Å². The number of benzene rings is 2. The van der Waals surface area contributed by atoms with Crippen LogP contribution in [-0.4, -0.2) is 43.6 Å². The third-order valence-electron chi connectivity index (χ3n) is 6.44. The fourth-order valence-electron chi connectivity index (χ4n) is 4.72. The number of likely N-dealkylation sites (tertiary alicyclic amines) is 1. The first-order valence-electron chi connectivity index (χ1n) is 11.3. The van der Waals surface area contributed by atoms with Crippen molar-refractivity contribution in [3.63, 3.8) is 0 Å². The van der Waals surface area contributed by atoms with Gasteiger partial charge in [0.25, 0.3) is 5.91 Å². The molecule has 1 saturated heterocycles. The molecule has 8 heteroatoms. The summed E-state index contributed by atoms with van der Waals surface area (Å²) in [5.41, 5.74) is 2.99. The van der Waals surface area contributed by atoms with Crippen molar-refractivity contribution in [3.8, 4) is 16.4 Å². The Morgan fingerprint density at radius 1 is 1.06 bits per heavy atom. The van der Waals surface area contributed by atoms with Crippen molar-refractivity contribution >= 4 is 28.1 Å². The lowest BCUT2D eigenvalue weighted by Crippen LogP contribution is -2.38. The van der Waals surface area contributed by atoms with E-state index in [9.17, 15) is 9.18 Å². The summed E-state index contributed by atoms with van der Waals surface area (Å²) in [4.78, 5) is 24.0. The van der Waals surface area contributed by atoms with Gasteiger partial charge in [0.1, 0.15) is 5.82 Å². The molecule has 170 valence electrons. The van der Waals surface area contributed by atoms with Crippen molar-refractivity contribution in [2.45, 2.75) is 18.8 Å². The summed E-state index contributed by atoms with van der Waals surface area (Å²) in [6.07, 6.45) is 3.87. The molecular weight excluding hydrogens is 449 g/mol. The zero-order chi connectivity index (χ0) is 23.1. The number of nitrogens with one attached hydrogen (secondary N) is 1. The zero-order valence-electron chi connectivity index (χ0n) is 18.3. The van der Waals surface area contributed by atoms with E-state index < -0.39 is 0 Å². The summed E-state index contributed by atoms with van der Waals surface area (Å²) in [6, 6.07) is 18.3. The second kappa shape index (κ2) is 8.53. The molecule has 0 aliphatic carbocycles. The largest absolute Gasteiger partial charge is 0.361 e. The van der Waals surface area contributed by atoms with Gasteiger partial charge in [-0.3, -0.25) is 4.79 Å². The summed E-state index contributed by atoms with van der Waals surface area (Å²) in [5.74, 6) is 0.526. The van der Waals surface area contributed by atoms with Gasteiger partial charge in [-0.15, -0.1) is 16.4 Å².